The number of aryl methyl sites for hydroxylation is 2. The summed E-state index contributed by atoms with van der Waals surface area (Å²) in [7, 11) is -3.34. The lowest BCUT2D eigenvalue weighted by Crippen LogP contribution is -2.33. The van der Waals surface area contributed by atoms with Crippen molar-refractivity contribution in [2.45, 2.75) is 50.8 Å². The molecule has 0 saturated carbocycles. The van der Waals surface area contributed by atoms with Crippen LogP contribution in [0.1, 0.15) is 30.8 Å². The Bertz CT molecular complexity index is 1270. The van der Waals surface area contributed by atoms with Crippen LogP contribution in [0.4, 0.5) is 0 Å². The number of rotatable bonds is 8. The van der Waals surface area contributed by atoms with E-state index in [2.05, 4.69) is 15.5 Å². The second-order valence-electron chi connectivity index (χ2n) is 7.86. The number of hydrogen-bond donors (Lipinski definition) is 1. The number of nitrogens with zero attached hydrogens (tertiary/aromatic N) is 4. The van der Waals surface area contributed by atoms with Crippen molar-refractivity contribution in [2.24, 2.45) is 0 Å². The van der Waals surface area contributed by atoms with E-state index in [0.29, 0.717) is 11.4 Å². The Morgan fingerprint density at radius 2 is 1.75 bits per heavy atom. The summed E-state index contributed by atoms with van der Waals surface area (Å²) in [4.78, 5) is 24.6. The standard InChI is InChI=1S/C22H27N5O4S/c1-15(2)32(30,31)19-7-5-18(6-8-19)14-21(28)23-11-12-26-22(29)10-9-20(25-26)27-17(4)13-16(3)24-27/h5-10,13,15H,11-12,14H2,1-4H3,(H,23,28). The second-order valence-corrected chi connectivity index (χ2v) is 10.4. The van der Waals surface area contributed by atoms with Gasteiger partial charge < -0.3 is 5.32 Å². The molecule has 1 aromatic carbocycles. The van der Waals surface area contributed by atoms with Gasteiger partial charge in [0.05, 0.1) is 28.8 Å². The van der Waals surface area contributed by atoms with Crippen LogP contribution in [0, 0.1) is 13.8 Å². The molecule has 0 spiro atoms. The fourth-order valence-corrected chi connectivity index (χ4v) is 4.25. The van der Waals surface area contributed by atoms with Gasteiger partial charge in [-0.05, 0) is 57.5 Å². The van der Waals surface area contributed by atoms with Crippen molar-refractivity contribution in [2.75, 3.05) is 6.54 Å². The average molecular weight is 458 g/mol. The highest BCUT2D eigenvalue weighted by Gasteiger charge is 2.18. The molecule has 1 N–H and O–H groups in total. The minimum absolute atomic E-state index is 0.107. The average Bonchev–Trinajstić information content (AvgIpc) is 3.07. The zero-order chi connectivity index (χ0) is 23.5. The van der Waals surface area contributed by atoms with E-state index < -0.39 is 15.1 Å². The first-order valence-electron chi connectivity index (χ1n) is 10.3. The maximum Gasteiger partial charge on any atom is 0.266 e. The fraction of sp³-hybridized carbons (Fsp3) is 0.364. The molecular weight excluding hydrogens is 430 g/mol. The predicted octanol–water partition coefficient (Wildman–Crippen LogP) is 1.59. The van der Waals surface area contributed by atoms with Gasteiger partial charge in [-0.25, -0.2) is 17.8 Å². The van der Waals surface area contributed by atoms with Crippen LogP contribution in [0.5, 0.6) is 0 Å². The lowest BCUT2D eigenvalue weighted by Gasteiger charge is -2.10. The molecule has 3 aromatic rings. The molecular formula is C22H27N5O4S. The molecule has 170 valence electrons. The van der Waals surface area contributed by atoms with E-state index in [9.17, 15) is 18.0 Å². The Hall–Kier alpha value is -3.27. The quantitative estimate of drug-likeness (QED) is 0.549. The zero-order valence-electron chi connectivity index (χ0n) is 18.6. The van der Waals surface area contributed by atoms with Crippen molar-refractivity contribution in [3.05, 3.63) is 69.8 Å². The normalized spacial score (nSPS) is 11.7. The van der Waals surface area contributed by atoms with Gasteiger partial charge in [0.2, 0.25) is 5.91 Å². The molecule has 0 aliphatic heterocycles. The Morgan fingerprint density at radius 3 is 2.34 bits per heavy atom. The van der Waals surface area contributed by atoms with Crippen LogP contribution in [0.15, 0.2) is 52.2 Å². The smallest absolute Gasteiger partial charge is 0.266 e. The molecule has 3 rings (SSSR count). The molecule has 0 atom stereocenters. The van der Waals surface area contributed by atoms with Crippen LogP contribution in [0.2, 0.25) is 0 Å². The minimum Gasteiger partial charge on any atom is -0.354 e. The van der Waals surface area contributed by atoms with Crippen LogP contribution < -0.4 is 10.9 Å². The number of nitrogens with one attached hydrogen (secondary N) is 1. The molecule has 10 heteroatoms. The first kappa shape index (κ1) is 23.4. The van der Waals surface area contributed by atoms with E-state index in [0.717, 1.165) is 11.4 Å². The summed E-state index contributed by atoms with van der Waals surface area (Å²) in [6.45, 7) is 7.48. The van der Waals surface area contributed by atoms with Gasteiger partial charge in [0.1, 0.15) is 0 Å². The number of aromatic nitrogens is 4. The van der Waals surface area contributed by atoms with E-state index in [1.807, 2.05) is 19.9 Å². The maximum atomic E-state index is 12.3. The highest BCUT2D eigenvalue weighted by Crippen LogP contribution is 2.16. The molecule has 0 aliphatic carbocycles. The molecule has 0 aliphatic rings. The number of carbonyl (C=O) groups is 1. The molecule has 32 heavy (non-hydrogen) atoms. The molecule has 0 saturated heterocycles. The van der Waals surface area contributed by atoms with Gasteiger partial charge >= 0.3 is 0 Å². The van der Waals surface area contributed by atoms with Crippen LogP contribution in [0.3, 0.4) is 0 Å². The lowest BCUT2D eigenvalue weighted by atomic mass is 10.1. The van der Waals surface area contributed by atoms with Crippen LogP contribution in [-0.4, -0.2) is 45.7 Å². The third-order valence-corrected chi connectivity index (χ3v) is 7.13. The van der Waals surface area contributed by atoms with Gasteiger partial charge in [0.25, 0.3) is 5.56 Å². The van der Waals surface area contributed by atoms with Gasteiger partial charge in [-0.15, -0.1) is 5.10 Å². The van der Waals surface area contributed by atoms with Gasteiger partial charge in [-0.3, -0.25) is 9.59 Å². The van der Waals surface area contributed by atoms with Crippen LogP contribution in [0.25, 0.3) is 5.82 Å². The van der Waals surface area contributed by atoms with Gasteiger partial charge in [-0.2, -0.15) is 5.10 Å². The Balaban J connectivity index is 1.59. The minimum atomic E-state index is -3.34. The highest BCUT2D eigenvalue weighted by atomic mass is 32.2. The van der Waals surface area contributed by atoms with Crippen molar-refractivity contribution >= 4 is 15.7 Å². The van der Waals surface area contributed by atoms with Crippen molar-refractivity contribution < 1.29 is 13.2 Å². The van der Waals surface area contributed by atoms with Gasteiger partial charge in [-0.1, -0.05) is 12.1 Å². The van der Waals surface area contributed by atoms with Crippen molar-refractivity contribution in [1.29, 1.82) is 0 Å². The fourth-order valence-electron chi connectivity index (χ4n) is 3.19. The van der Waals surface area contributed by atoms with Crippen molar-refractivity contribution in [3.8, 4) is 5.82 Å². The monoisotopic (exact) mass is 457 g/mol. The summed E-state index contributed by atoms with van der Waals surface area (Å²) in [5.41, 5.74) is 2.18. The Kier molecular flexibility index (Phi) is 6.93. The van der Waals surface area contributed by atoms with Crippen LogP contribution in [-0.2, 0) is 27.6 Å². The molecule has 0 radical (unpaired) electrons. The third kappa shape index (κ3) is 5.31. The summed E-state index contributed by atoms with van der Waals surface area (Å²) in [6, 6.07) is 11.3. The number of sulfone groups is 1. The predicted molar refractivity (Wildman–Crippen MR) is 121 cm³/mol. The topological polar surface area (TPSA) is 116 Å². The molecule has 0 fully saturated rings. The Labute approximate surface area is 187 Å². The maximum absolute atomic E-state index is 12.3. The third-order valence-electron chi connectivity index (χ3n) is 4.96. The SMILES string of the molecule is Cc1cc(C)n(-c2ccc(=O)n(CCNC(=O)Cc3ccc(S(=O)(=O)C(C)C)cc3)n2)n1. The van der Waals surface area contributed by atoms with Crippen molar-refractivity contribution in [1.82, 2.24) is 24.9 Å². The summed E-state index contributed by atoms with van der Waals surface area (Å²) in [5.74, 6) is 0.296. The lowest BCUT2D eigenvalue weighted by molar-refractivity contribution is -0.120. The van der Waals surface area contributed by atoms with E-state index in [-0.39, 0.29) is 35.9 Å². The molecule has 0 bridgehead atoms. The van der Waals surface area contributed by atoms with Gasteiger partial charge in [0.15, 0.2) is 15.7 Å². The molecule has 0 unspecified atom stereocenters. The first-order chi connectivity index (χ1) is 15.1. The number of benzene rings is 1. The summed E-state index contributed by atoms with van der Waals surface area (Å²) in [6.07, 6.45) is 0.107. The summed E-state index contributed by atoms with van der Waals surface area (Å²) in [5, 5.41) is 11.0. The van der Waals surface area contributed by atoms with Crippen LogP contribution >= 0.6 is 0 Å². The molecule has 2 heterocycles. The summed E-state index contributed by atoms with van der Waals surface area (Å²) < 4.78 is 27.3. The van der Waals surface area contributed by atoms with E-state index >= 15 is 0 Å². The highest BCUT2D eigenvalue weighted by molar-refractivity contribution is 7.92. The first-order valence-corrected chi connectivity index (χ1v) is 11.8. The molecule has 1 amide bonds. The largest absolute Gasteiger partial charge is 0.354 e. The molecule has 9 nitrogen and oxygen atoms in total. The van der Waals surface area contributed by atoms with Crippen molar-refractivity contribution in [3.63, 3.8) is 0 Å². The van der Waals surface area contributed by atoms with E-state index in [4.69, 9.17) is 0 Å². The Morgan fingerprint density at radius 1 is 1.06 bits per heavy atom. The van der Waals surface area contributed by atoms with Gasteiger partial charge in [0, 0.05) is 18.3 Å². The molecule has 2 aromatic heterocycles. The van der Waals surface area contributed by atoms with E-state index in [1.165, 1.54) is 22.9 Å². The number of amides is 1. The number of carbonyl (C=O) groups excluding carboxylic acids is 1. The number of hydrogen-bond acceptors (Lipinski definition) is 6. The van der Waals surface area contributed by atoms with E-state index in [1.54, 1.807) is 36.7 Å². The summed E-state index contributed by atoms with van der Waals surface area (Å²) >= 11 is 0. The zero-order valence-corrected chi connectivity index (χ0v) is 19.4. The second kappa shape index (κ2) is 9.47.